The van der Waals surface area contributed by atoms with Crippen molar-refractivity contribution in [1.82, 2.24) is 0 Å². The number of carboxylic acid groups (broad SMARTS) is 1. The molecule has 0 spiro atoms. The number of aliphatic hydroxyl groups is 2. The minimum absolute atomic E-state index is 0.00139. The van der Waals surface area contributed by atoms with Gasteiger partial charge in [0.05, 0.1) is 18.1 Å². The average molecular weight is 485 g/mol. The van der Waals surface area contributed by atoms with E-state index >= 15 is 0 Å². The predicted molar refractivity (Wildman–Crippen MR) is 141 cm³/mol. The molecule has 0 aromatic rings. The SMILES string of the molecule is C=C(CCC(C(=O)O)[C@H]1[C@H](O)C[C@@]2(C)C3=CCC4C(C)(C)[C@H](O)CC[C@]4(C)C3=CC[C@]12C)C(C)C. The standard InChI is InChI=1S/C31H48O4/c1-18(2)19(3)9-10-20(27(34)35)26-23(32)17-31(8)22-11-12-24-28(4,5)25(33)14-15-29(24,6)21(22)13-16-30(26,31)7/h11,13,18,20,23-26,32-33H,3,9-10,12,14-17H2,1-2,4-8H3,(H,34,35)/t20?,23-,24?,25-,26+,29-,30-,31+/m1/s1. The van der Waals surface area contributed by atoms with Crippen molar-refractivity contribution in [3.05, 3.63) is 35.5 Å². The molecule has 4 nitrogen and oxygen atoms in total. The van der Waals surface area contributed by atoms with Gasteiger partial charge in [0.1, 0.15) is 0 Å². The number of aliphatic hydroxyl groups excluding tert-OH is 2. The minimum atomic E-state index is -0.793. The van der Waals surface area contributed by atoms with Crippen molar-refractivity contribution in [2.75, 3.05) is 0 Å². The summed E-state index contributed by atoms with van der Waals surface area (Å²) >= 11 is 0. The van der Waals surface area contributed by atoms with E-state index in [1.165, 1.54) is 11.1 Å². The van der Waals surface area contributed by atoms with Crippen molar-refractivity contribution in [2.45, 2.75) is 106 Å². The van der Waals surface area contributed by atoms with Crippen LogP contribution in [0.5, 0.6) is 0 Å². The number of allylic oxidation sites excluding steroid dienone is 5. The first kappa shape index (κ1) is 26.7. The van der Waals surface area contributed by atoms with Crippen molar-refractivity contribution in [3.63, 3.8) is 0 Å². The van der Waals surface area contributed by atoms with Crippen molar-refractivity contribution < 1.29 is 20.1 Å². The van der Waals surface area contributed by atoms with Gasteiger partial charge in [0.2, 0.25) is 0 Å². The van der Waals surface area contributed by atoms with Gasteiger partial charge in [-0.1, -0.05) is 72.8 Å². The van der Waals surface area contributed by atoms with Gasteiger partial charge in [-0.3, -0.25) is 4.79 Å². The van der Waals surface area contributed by atoms with E-state index in [2.05, 4.69) is 67.2 Å². The zero-order valence-corrected chi connectivity index (χ0v) is 23.0. The zero-order valence-electron chi connectivity index (χ0n) is 23.0. The number of hydrogen-bond acceptors (Lipinski definition) is 3. The molecule has 35 heavy (non-hydrogen) atoms. The minimum Gasteiger partial charge on any atom is -0.481 e. The summed E-state index contributed by atoms with van der Waals surface area (Å²) in [5, 5.41) is 32.6. The first-order chi connectivity index (χ1) is 16.1. The molecule has 196 valence electrons. The summed E-state index contributed by atoms with van der Waals surface area (Å²) in [4.78, 5) is 12.6. The Balaban J connectivity index is 1.72. The highest BCUT2D eigenvalue weighted by Gasteiger charge is 2.66. The van der Waals surface area contributed by atoms with Crippen LogP contribution in [0.4, 0.5) is 0 Å². The molecule has 4 heteroatoms. The summed E-state index contributed by atoms with van der Waals surface area (Å²) in [6.45, 7) is 19.7. The van der Waals surface area contributed by atoms with E-state index < -0.39 is 18.0 Å². The summed E-state index contributed by atoms with van der Waals surface area (Å²) in [6, 6.07) is 0. The van der Waals surface area contributed by atoms with Crippen LogP contribution in [0.2, 0.25) is 0 Å². The molecule has 2 unspecified atom stereocenters. The number of fused-ring (bicyclic) bond motifs is 5. The first-order valence-corrected chi connectivity index (χ1v) is 13.8. The fourth-order valence-corrected chi connectivity index (χ4v) is 8.90. The van der Waals surface area contributed by atoms with Crippen LogP contribution in [-0.4, -0.2) is 33.5 Å². The van der Waals surface area contributed by atoms with Gasteiger partial charge in [-0.05, 0) is 84.2 Å². The van der Waals surface area contributed by atoms with Crippen molar-refractivity contribution in [2.24, 2.45) is 45.3 Å². The molecule has 0 radical (unpaired) electrons. The topological polar surface area (TPSA) is 77.8 Å². The molecule has 0 aromatic heterocycles. The molecule has 0 amide bonds. The van der Waals surface area contributed by atoms with Crippen LogP contribution in [0.1, 0.15) is 93.4 Å². The van der Waals surface area contributed by atoms with Crippen LogP contribution in [-0.2, 0) is 4.79 Å². The second-order valence-corrected chi connectivity index (χ2v) is 13.9. The molecular weight excluding hydrogens is 436 g/mol. The summed E-state index contributed by atoms with van der Waals surface area (Å²) in [5.74, 6) is -0.966. The maximum absolute atomic E-state index is 12.6. The number of hydrogen-bond donors (Lipinski definition) is 3. The molecule has 0 aromatic carbocycles. The van der Waals surface area contributed by atoms with Crippen LogP contribution >= 0.6 is 0 Å². The van der Waals surface area contributed by atoms with Gasteiger partial charge in [-0.2, -0.15) is 0 Å². The molecule has 2 fully saturated rings. The predicted octanol–water partition coefficient (Wildman–Crippen LogP) is 6.54. The molecule has 0 saturated heterocycles. The monoisotopic (exact) mass is 484 g/mol. The third-order valence-electron chi connectivity index (χ3n) is 11.6. The Morgan fingerprint density at radius 3 is 2.37 bits per heavy atom. The lowest BCUT2D eigenvalue weighted by Crippen LogP contribution is -2.54. The lowest BCUT2D eigenvalue weighted by atomic mass is 9.44. The Hall–Kier alpha value is -1.39. The number of carbonyl (C=O) groups is 1. The van der Waals surface area contributed by atoms with Crippen LogP contribution < -0.4 is 0 Å². The smallest absolute Gasteiger partial charge is 0.306 e. The van der Waals surface area contributed by atoms with E-state index in [-0.39, 0.29) is 33.7 Å². The number of aliphatic carboxylic acids is 1. The maximum Gasteiger partial charge on any atom is 0.306 e. The molecule has 4 aliphatic rings. The highest BCUT2D eigenvalue weighted by Crippen LogP contribution is 2.71. The fraction of sp³-hybridized carbons (Fsp3) is 0.774. The summed E-state index contributed by atoms with van der Waals surface area (Å²) in [5.41, 5.74) is 3.09. The Kier molecular flexibility index (Phi) is 6.54. The van der Waals surface area contributed by atoms with Gasteiger partial charge in [-0.15, -0.1) is 0 Å². The summed E-state index contributed by atoms with van der Waals surface area (Å²) in [7, 11) is 0. The molecule has 2 saturated carbocycles. The largest absolute Gasteiger partial charge is 0.481 e. The Labute approximate surface area is 212 Å². The molecule has 0 aliphatic heterocycles. The van der Waals surface area contributed by atoms with E-state index in [0.29, 0.717) is 31.1 Å². The first-order valence-electron chi connectivity index (χ1n) is 13.8. The molecular formula is C31H48O4. The van der Waals surface area contributed by atoms with Gasteiger partial charge in [0.25, 0.3) is 0 Å². The second-order valence-electron chi connectivity index (χ2n) is 13.9. The third-order valence-corrected chi connectivity index (χ3v) is 11.6. The molecule has 0 heterocycles. The van der Waals surface area contributed by atoms with E-state index in [9.17, 15) is 20.1 Å². The summed E-state index contributed by atoms with van der Waals surface area (Å²) < 4.78 is 0. The highest BCUT2D eigenvalue weighted by atomic mass is 16.4. The third kappa shape index (κ3) is 3.72. The van der Waals surface area contributed by atoms with Crippen molar-refractivity contribution >= 4 is 5.97 Å². The average Bonchev–Trinajstić information content (AvgIpc) is 2.97. The van der Waals surface area contributed by atoms with Gasteiger partial charge < -0.3 is 15.3 Å². The lowest BCUT2D eigenvalue weighted by molar-refractivity contribution is -0.148. The van der Waals surface area contributed by atoms with Crippen molar-refractivity contribution in [1.29, 1.82) is 0 Å². The fourth-order valence-electron chi connectivity index (χ4n) is 8.90. The molecule has 0 bridgehead atoms. The quantitative estimate of drug-likeness (QED) is 0.374. The normalized spacial score (nSPS) is 42.9. The molecule has 3 N–H and O–H groups in total. The second kappa shape index (κ2) is 8.58. The van der Waals surface area contributed by atoms with Crippen LogP contribution in [0.15, 0.2) is 35.5 Å². The van der Waals surface area contributed by atoms with Crippen LogP contribution in [0, 0.1) is 45.3 Å². The van der Waals surface area contributed by atoms with E-state index in [1.807, 2.05) is 0 Å². The Bertz CT molecular complexity index is 957. The van der Waals surface area contributed by atoms with E-state index in [4.69, 9.17) is 0 Å². The Morgan fingerprint density at radius 2 is 1.77 bits per heavy atom. The summed E-state index contributed by atoms with van der Waals surface area (Å²) in [6.07, 6.45) is 9.19. The Morgan fingerprint density at radius 1 is 1.11 bits per heavy atom. The lowest BCUT2D eigenvalue weighted by Gasteiger charge is -2.61. The molecule has 4 rings (SSSR count). The van der Waals surface area contributed by atoms with Gasteiger partial charge in [0, 0.05) is 11.3 Å². The van der Waals surface area contributed by atoms with Crippen LogP contribution in [0.25, 0.3) is 0 Å². The molecule has 8 atom stereocenters. The van der Waals surface area contributed by atoms with Gasteiger partial charge >= 0.3 is 5.97 Å². The number of carboxylic acids is 1. The number of rotatable bonds is 6. The van der Waals surface area contributed by atoms with Gasteiger partial charge in [-0.25, -0.2) is 0 Å². The highest BCUT2D eigenvalue weighted by molar-refractivity contribution is 5.71. The maximum atomic E-state index is 12.6. The van der Waals surface area contributed by atoms with E-state index in [0.717, 1.165) is 31.3 Å². The van der Waals surface area contributed by atoms with E-state index in [1.54, 1.807) is 0 Å². The van der Waals surface area contributed by atoms with Crippen molar-refractivity contribution in [3.8, 4) is 0 Å². The van der Waals surface area contributed by atoms with Gasteiger partial charge in [0.15, 0.2) is 0 Å². The van der Waals surface area contributed by atoms with Crippen LogP contribution in [0.3, 0.4) is 0 Å². The zero-order chi connectivity index (χ0) is 26.1. The molecule has 4 aliphatic carbocycles.